The van der Waals surface area contributed by atoms with E-state index in [4.69, 9.17) is 0 Å². The lowest BCUT2D eigenvalue weighted by atomic mass is 10.1. The van der Waals surface area contributed by atoms with Gasteiger partial charge in [0, 0.05) is 43.3 Å². The van der Waals surface area contributed by atoms with Crippen molar-refractivity contribution in [1.29, 1.82) is 0 Å². The topological polar surface area (TPSA) is 48.1 Å². The van der Waals surface area contributed by atoms with E-state index >= 15 is 0 Å². The molecule has 1 amide bonds. The Hall–Kier alpha value is -1.81. The summed E-state index contributed by atoms with van der Waals surface area (Å²) >= 11 is 0. The first-order valence-electron chi connectivity index (χ1n) is 6.90. The molecule has 2 N–H and O–H groups in total. The van der Waals surface area contributed by atoms with Gasteiger partial charge in [-0.2, -0.15) is 0 Å². The maximum atomic E-state index is 12.6. The van der Waals surface area contributed by atoms with Crippen molar-refractivity contribution in [3.8, 4) is 0 Å². The van der Waals surface area contributed by atoms with Crippen LogP contribution in [0.2, 0.25) is 0 Å². The quantitative estimate of drug-likeness (QED) is 0.861. The summed E-state index contributed by atoms with van der Waals surface area (Å²) in [4.78, 5) is 17.7. The first-order chi connectivity index (χ1) is 9.31. The first kappa shape index (κ1) is 12.2. The van der Waals surface area contributed by atoms with Gasteiger partial charge in [-0.3, -0.25) is 4.79 Å². The number of hydrogen-bond acceptors (Lipinski definition) is 2. The molecule has 1 aromatic carbocycles. The van der Waals surface area contributed by atoms with E-state index in [9.17, 15) is 4.79 Å². The number of aryl methyl sites for hydroxylation is 1. The molecule has 1 aliphatic heterocycles. The fraction of sp³-hybridized carbons (Fsp3) is 0.400. The van der Waals surface area contributed by atoms with Crippen LogP contribution in [0.5, 0.6) is 0 Å². The highest BCUT2D eigenvalue weighted by molar-refractivity contribution is 6.07. The maximum Gasteiger partial charge on any atom is 0.256 e. The molecule has 0 bridgehead atoms. The van der Waals surface area contributed by atoms with Gasteiger partial charge in [-0.25, -0.2) is 0 Å². The number of benzene rings is 1. The van der Waals surface area contributed by atoms with E-state index in [2.05, 4.69) is 23.3 Å². The lowest BCUT2D eigenvalue weighted by molar-refractivity contribution is 0.0738. The highest BCUT2D eigenvalue weighted by Crippen LogP contribution is 2.23. The van der Waals surface area contributed by atoms with Crippen LogP contribution in [0.3, 0.4) is 0 Å². The molecule has 0 spiro atoms. The van der Waals surface area contributed by atoms with Crippen LogP contribution in [0.4, 0.5) is 0 Å². The third-order valence-corrected chi connectivity index (χ3v) is 3.82. The average molecular weight is 257 g/mol. The number of piperazine rings is 1. The van der Waals surface area contributed by atoms with Gasteiger partial charge in [0.2, 0.25) is 0 Å². The van der Waals surface area contributed by atoms with Crippen molar-refractivity contribution in [2.24, 2.45) is 0 Å². The highest BCUT2D eigenvalue weighted by atomic mass is 16.2. The molecular formula is C15H19N3O. The Kier molecular flexibility index (Phi) is 3.25. The lowest BCUT2D eigenvalue weighted by Gasteiger charge is -2.27. The number of carbonyl (C=O) groups excluding carboxylic acids is 1. The average Bonchev–Trinajstić information content (AvgIpc) is 2.91. The number of amides is 1. The number of aromatic nitrogens is 1. The maximum absolute atomic E-state index is 12.6. The van der Waals surface area contributed by atoms with Gasteiger partial charge >= 0.3 is 0 Å². The Bertz CT molecular complexity index is 596. The number of aromatic amines is 1. The number of H-pyrrole nitrogens is 1. The van der Waals surface area contributed by atoms with Crippen molar-refractivity contribution in [2.75, 3.05) is 26.2 Å². The summed E-state index contributed by atoms with van der Waals surface area (Å²) in [6, 6.07) is 6.17. The van der Waals surface area contributed by atoms with Gasteiger partial charge in [-0.05, 0) is 12.0 Å². The minimum atomic E-state index is 0.140. The molecule has 2 heterocycles. The molecule has 100 valence electrons. The summed E-state index contributed by atoms with van der Waals surface area (Å²) in [5, 5.41) is 4.31. The van der Waals surface area contributed by atoms with Crippen molar-refractivity contribution in [2.45, 2.75) is 13.3 Å². The fourth-order valence-electron chi connectivity index (χ4n) is 2.73. The van der Waals surface area contributed by atoms with Crippen LogP contribution in [0, 0.1) is 0 Å². The third kappa shape index (κ3) is 2.12. The van der Waals surface area contributed by atoms with Gasteiger partial charge in [0.05, 0.1) is 5.56 Å². The number of carbonyl (C=O) groups is 1. The normalized spacial score (nSPS) is 15.9. The molecule has 0 saturated carbocycles. The second-order valence-electron chi connectivity index (χ2n) is 4.94. The van der Waals surface area contributed by atoms with E-state index in [1.54, 1.807) is 0 Å². The van der Waals surface area contributed by atoms with Gasteiger partial charge < -0.3 is 15.2 Å². The molecule has 0 aliphatic carbocycles. The standard InChI is InChI=1S/C15H19N3O/c1-2-11-4-3-5-12-13(10-17-14(11)12)15(19)18-8-6-16-7-9-18/h3-5,10,16-17H,2,6-9H2,1H3. The van der Waals surface area contributed by atoms with Crippen LogP contribution < -0.4 is 5.32 Å². The molecule has 0 atom stereocenters. The molecular weight excluding hydrogens is 238 g/mol. The van der Waals surface area contributed by atoms with Crippen molar-refractivity contribution in [1.82, 2.24) is 15.2 Å². The Morgan fingerprint density at radius 2 is 2.11 bits per heavy atom. The molecule has 19 heavy (non-hydrogen) atoms. The van der Waals surface area contributed by atoms with Gasteiger partial charge in [-0.1, -0.05) is 25.1 Å². The van der Waals surface area contributed by atoms with E-state index in [1.165, 1.54) is 5.56 Å². The second kappa shape index (κ2) is 5.05. The van der Waals surface area contributed by atoms with E-state index in [0.717, 1.165) is 49.1 Å². The summed E-state index contributed by atoms with van der Waals surface area (Å²) in [5.41, 5.74) is 3.16. The van der Waals surface area contributed by atoms with Crippen molar-refractivity contribution < 1.29 is 4.79 Å². The van der Waals surface area contributed by atoms with Gasteiger partial charge in [0.15, 0.2) is 0 Å². The van der Waals surface area contributed by atoms with Crippen molar-refractivity contribution in [3.05, 3.63) is 35.5 Å². The second-order valence-corrected chi connectivity index (χ2v) is 4.94. The van der Waals surface area contributed by atoms with Gasteiger partial charge in [-0.15, -0.1) is 0 Å². The zero-order valence-electron chi connectivity index (χ0n) is 11.2. The molecule has 4 heteroatoms. The van der Waals surface area contributed by atoms with Crippen LogP contribution >= 0.6 is 0 Å². The van der Waals surface area contributed by atoms with Crippen LogP contribution in [-0.2, 0) is 6.42 Å². The first-order valence-corrected chi connectivity index (χ1v) is 6.90. The van der Waals surface area contributed by atoms with Crippen LogP contribution in [-0.4, -0.2) is 42.0 Å². The zero-order chi connectivity index (χ0) is 13.2. The monoisotopic (exact) mass is 257 g/mol. The molecule has 0 unspecified atom stereocenters. The molecule has 1 aromatic heterocycles. The number of hydrogen-bond donors (Lipinski definition) is 2. The predicted octanol–water partition coefficient (Wildman–Crippen LogP) is 1.78. The summed E-state index contributed by atoms with van der Waals surface area (Å²) < 4.78 is 0. The number of rotatable bonds is 2. The lowest BCUT2D eigenvalue weighted by Crippen LogP contribution is -2.46. The smallest absolute Gasteiger partial charge is 0.256 e. The SMILES string of the molecule is CCc1cccc2c(C(=O)N3CCNCC3)c[nH]c12. The Balaban J connectivity index is 1.98. The van der Waals surface area contributed by atoms with Gasteiger partial charge in [0.25, 0.3) is 5.91 Å². The minimum absolute atomic E-state index is 0.140. The number of para-hydroxylation sites is 1. The Morgan fingerprint density at radius 1 is 1.32 bits per heavy atom. The fourth-order valence-corrected chi connectivity index (χ4v) is 2.73. The molecule has 0 radical (unpaired) electrons. The van der Waals surface area contributed by atoms with Gasteiger partial charge in [0.1, 0.15) is 0 Å². The molecule has 1 saturated heterocycles. The Labute approximate surface area is 112 Å². The summed E-state index contributed by atoms with van der Waals surface area (Å²) in [7, 11) is 0. The van der Waals surface area contributed by atoms with Crippen LogP contribution in [0.15, 0.2) is 24.4 Å². The van der Waals surface area contributed by atoms with Crippen molar-refractivity contribution in [3.63, 3.8) is 0 Å². The molecule has 4 nitrogen and oxygen atoms in total. The third-order valence-electron chi connectivity index (χ3n) is 3.82. The van der Waals surface area contributed by atoms with E-state index < -0.39 is 0 Å². The molecule has 2 aromatic rings. The van der Waals surface area contributed by atoms with E-state index in [1.807, 2.05) is 23.2 Å². The van der Waals surface area contributed by atoms with Crippen LogP contribution in [0.1, 0.15) is 22.8 Å². The summed E-state index contributed by atoms with van der Waals surface area (Å²) in [6.07, 6.45) is 2.83. The summed E-state index contributed by atoms with van der Waals surface area (Å²) in [5.74, 6) is 0.140. The van der Waals surface area contributed by atoms with E-state index in [0.29, 0.717) is 0 Å². The number of fused-ring (bicyclic) bond motifs is 1. The van der Waals surface area contributed by atoms with E-state index in [-0.39, 0.29) is 5.91 Å². The Morgan fingerprint density at radius 3 is 2.84 bits per heavy atom. The predicted molar refractivity (Wildman–Crippen MR) is 76.4 cm³/mol. The highest BCUT2D eigenvalue weighted by Gasteiger charge is 2.21. The largest absolute Gasteiger partial charge is 0.360 e. The molecule has 3 rings (SSSR count). The summed E-state index contributed by atoms with van der Waals surface area (Å²) in [6.45, 7) is 5.48. The van der Waals surface area contributed by atoms with Crippen LogP contribution in [0.25, 0.3) is 10.9 Å². The molecule has 1 fully saturated rings. The number of nitrogens with one attached hydrogen (secondary N) is 2. The molecule has 1 aliphatic rings. The number of nitrogens with zero attached hydrogens (tertiary/aromatic N) is 1. The van der Waals surface area contributed by atoms with Crippen molar-refractivity contribution >= 4 is 16.8 Å². The zero-order valence-corrected chi connectivity index (χ0v) is 11.2. The minimum Gasteiger partial charge on any atom is -0.360 e.